The summed E-state index contributed by atoms with van der Waals surface area (Å²) >= 11 is 9.32. The fourth-order valence-electron chi connectivity index (χ4n) is 1.81. The van der Waals surface area contributed by atoms with Crippen molar-refractivity contribution in [3.05, 3.63) is 64.4 Å². The van der Waals surface area contributed by atoms with Gasteiger partial charge in [0.25, 0.3) is 0 Å². The second-order valence-electron chi connectivity index (χ2n) is 3.98. The molecule has 0 radical (unpaired) electrons. The van der Waals surface area contributed by atoms with Crippen LogP contribution in [0.2, 0.25) is 5.02 Å². The van der Waals surface area contributed by atoms with Gasteiger partial charge in [0.05, 0.1) is 5.69 Å². The smallest absolute Gasteiger partial charge is 0.163 e. The maximum Gasteiger partial charge on any atom is 0.163 e. The average molecular weight is 335 g/mol. The van der Waals surface area contributed by atoms with Crippen LogP contribution >= 0.6 is 27.5 Å². The molecule has 0 aliphatic rings. The second kappa shape index (κ2) is 5.15. The lowest BCUT2D eigenvalue weighted by atomic mass is 10.2. The van der Waals surface area contributed by atoms with Gasteiger partial charge in [0.2, 0.25) is 0 Å². The zero-order valence-corrected chi connectivity index (χ0v) is 12.1. The molecule has 3 rings (SSSR count). The Balaban J connectivity index is 2.07. The highest BCUT2D eigenvalue weighted by molar-refractivity contribution is 9.10. The Labute approximate surface area is 124 Å². The van der Waals surface area contributed by atoms with Gasteiger partial charge in [-0.2, -0.15) is 5.10 Å². The molecule has 0 amide bonds. The van der Waals surface area contributed by atoms with Crippen LogP contribution in [0.15, 0.2) is 59.3 Å². The van der Waals surface area contributed by atoms with Crippen molar-refractivity contribution in [2.75, 3.05) is 0 Å². The summed E-state index contributed by atoms with van der Waals surface area (Å²) in [7, 11) is 0. The van der Waals surface area contributed by atoms with Crippen molar-refractivity contribution in [2.45, 2.75) is 0 Å². The number of benzene rings is 2. The van der Waals surface area contributed by atoms with Gasteiger partial charge >= 0.3 is 0 Å². The van der Waals surface area contributed by atoms with E-state index in [1.807, 2.05) is 48.5 Å². The first-order chi connectivity index (χ1) is 9.24. The third-order valence-corrected chi connectivity index (χ3v) is 3.50. The molecule has 94 valence electrons. The summed E-state index contributed by atoms with van der Waals surface area (Å²) in [5.74, 6) is 0.791. The highest BCUT2D eigenvalue weighted by atomic mass is 79.9. The van der Waals surface area contributed by atoms with Crippen molar-refractivity contribution in [3.8, 4) is 17.1 Å². The van der Waals surface area contributed by atoms with E-state index in [1.54, 1.807) is 11.0 Å². The molecule has 0 unspecified atom stereocenters. The van der Waals surface area contributed by atoms with Crippen LogP contribution in [0.5, 0.6) is 0 Å². The largest absolute Gasteiger partial charge is 0.215 e. The molecule has 3 aromatic rings. The lowest BCUT2D eigenvalue weighted by molar-refractivity contribution is 0.887. The highest BCUT2D eigenvalue weighted by Gasteiger charge is 2.08. The van der Waals surface area contributed by atoms with Crippen LogP contribution in [0, 0.1) is 0 Å². The van der Waals surface area contributed by atoms with Crippen LogP contribution in [0.4, 0.5) is 0 Å². The fourth-order valence-corrected chi connectivity index (χ4v) is 2.20. The summed E-state index contributed by atoms with van der Waals surface area (Å²) in [6, 6.07) is 15.5. The van der Waals surface area contributed by atoms with Gasteiger partial charge in [-0.25, -0.2) is 9.67 Å². The first-order valence-corrected chi connectivity index (χ1v) is 6.83. The molecule has 0 saturated carbocycles. The molecule has 1 aromatic heterocycles. The quantitative estimate of drug-likeness (QED) is 0.697. The standard InChI is InChI=1S/C14H9BrClN3/c15-11-3-7-13(8-4-11)19-14(17-9-18-19)10-1-5-12(16)6-2-10/h1-9H. The SMILES string of the molecule is Clc1ccc(-c2ncnn2-c2ccc(Br)cc2)cc1. The normalized spacial score (nSPS) is 10.6. The molecule has 0 saturated heterocycles. The first-order valence-electron chi connectivity index (χ1n) is 5.66. The summed E-state index contributed by atoms with van der Waals surface area (Å²) in [6.45, 7) is 0. The zero-order valence-electron chi connectivity index (χ0n) is 9.79. The van der Waals surface area contributed by atoms with E-state index in [1.165, 1.54) is 0 Å². The van der Waals surface area contributed by atoms with E-state index in [2.05, 4.69) is 26.0 Å². The number of hydrogen-bond donors (Lipinski definition) is 0. The highest BCUT2D eigenvalue weighted by Crippen LogP contribution is 2.22. The molecule has 1 heterocycles. The average Bonchev–Trinajstić information content (AvgIpc) is 2.90. The van der Waals surface area contributed by atoms with Crippen molar-refractivity contribution >= 4 is 27.5 Å². The molecule has 0 aliphatic carbocycles. The van der Waals surface area contributed by atoms with E-state index in [0.29, 0.717) is 5.02 Å². The van der Waals surface area contributed by atoms with Gasteiger partial charge in [-0.05, 0) is 48.5 Å². The van der Waals surface area contributed by atoms with Gasteiger partial charge in [-0.1, -0.05) is 27.5 Å². The van der Waals surface area contributed by atoms with E-state index < -0.39 is 0 Å². The number of hydrogen-bond acceptors (Lipinski definition) is 2. The van der Waals surface area contributed by atoms with Crippen LogP contribution in [0.25, 0.3) is 17.1 Å². The molecule has 3 nitrogen and oxygen atoms in total. The maximum absolute atomic E-state index is 5.90. The third-order valence-electron chi connectivity index (χ3n) is 2.72. The molecule has 2 aromatic carbocycles. The van der Waals surface area contributed by atoms with Crippen LogP contribution in [-0.4, -0.2) is 14.8 Å². The second-order valence-corrected chi connectivity index (χ2v) is 5.33. The van der Waals surface area contributed by atoms with Crippen LogP contribution < -0.4 is 0 Å². The Bertz CT molecular complexity index is 629. The predicted molar refractivity (Wildman–Crippen MR) is 79.5 cm³/mol. The summed E-state index contributed by atoms with van der Waals surface area (Å²) < 4.78 is 2.83. The van der Waals surface area contributed by atoms with Crippen LogP contribution in [0.1, 0.15) is 0 Å². The molecule has 0 fully saturated rings. The lowest BCUT2D eigenvalue weighted by Crippen LogP contribution is -1.99. The molecule has 0 bridgehead atoms. The van der Waals surface area contributed by atoms with Gasteiger partial charge in [0.15, 0.2) is 5.82 Å². The van der Waals surface area contributed by atoms with Crippen LogP contribution in [-0.2, 0) is 0 Å². The number of nitrogens with zero attached hydrogens (tertiary/aromatic N) is 3. The molecule has 0 N–H and O–H groups in total. The maximum atomic E-state index is 5.90. The van der Waals surface area contributed by atoms with E-state index in [4.69, 9.17) is 11.6 Å². The molecule has 0 spiro atoms. The number of halogens is 2. The van der Waals surface area contributed by atoms with Gasteiger partial charge in [-0.3, -0.25) is 0 Å². The number of rotatable bonds is 2. The lowest BCUT2D eigenvalue weighted by Gasteiger charge is -2.06. The molecular weight excluding hydrogens is 326 g/mol. The van der Waals surface area contributed by atoms with Gasteiger partial charge < -0.3 is 0 Å². The topological polar surface area (TPSA) is 30.7 Å². The Hall–Kier alpha value is -1.65. The number of aromatic nitrogens is 3. The molecule has 19 heavy (non-hydrogen) atoms. The zero-order chi connectivity index (χ0) is 13.2. The summed E-state index contributed by atoms with van der Waals surface area (Å²) in [5.41, 5.74) is 1.94. The van der Waals surface area contributed by atoms with Crippen molar-refractivity contribution in [3.63, 3.8) is 0 Å². The Kier molecular flexibility index (Phi) is 3.36. The van der Waals surface area contributed by atoms with Gasteiger partial charge in [-0.15, -0.1) is 0 Å². The predicted octanol–water partition coefficient (Wildman–Crippen LogP) is 4.35. The molecule has 0 aliphatic heterocycles. The molecule has 0 atom stereocenters. The fraction of sp³-hybridized carbons (Fsp3) is 0. The summed E-state index contributed by atoms with van der Waals surface area (Å²) in [6.07, 6.45) is 1.55. The van der Waals surface area contributed by atoms with Crippen molar-refractivity contribution in [2.24, 2.45) is 0 Å². The van der Waals surface area contributed by atoms with E-state index in [9.17, 15) is 0 Å². The van der Waals surface area contributed by atoms with E-state index in [-0.39, 0.29) is 0 Å². The Morgan fingerprint density at radius 1 is 0.947 bits per heavy atom. The minimum atomic E-state index is 0.707. The minimum Gasteiger partial charge on any atom is -0.215 e. The third kappa shape index (κ3) is 2.55. The van der Waals surface area contributed by atoms with Crippen LogP contribution in [0.3, 0.4) is 0 Å². The van der Waals surface area contributed by atoms with Gasteiger partial charge in [0.1, 0.15) is 6.33 Å². The van der Waals surface area contributed by atoms with Crippen molar-refractivity contribution in [1.82, 2.24) is 14.8 Å². The van der Waals surface area contributed by atoms with Crippen molar-refractivity contribution < 1.29 is 0 Å². The Morgan fingerprint density at radius 3 is 2.32 bits per heavy atom. The first kappa shape index (κ1) is 12.4. The monoisotopic (exact) mass is 333 g/mol. The van der Waals surface area contributed by atoms with E-state index >= 15 is 0 Å². The summed E-state index contributed by atoms with van der Waals surface area (Å²) in [4.78, 5) is 4.31. The van der Waals surface area contributed by atoms with Crippen molar-refractivity contribution in [1.29, 1.82) is 0 Å². The summed E-state index contributed by atoms with van der Waals surface area (Å²) in [5, 5.41) is 4.98. The van der Waals surface area contributed by atoms with E-state index in [0.717, 1.165) is 21.5 Å². The minimum absolute atomic E-state index is 0.707. The van der Waals surface area contributed by atoms with Gasteiger partial charge in [0, 0.05) is 15.1 Å². The molecule has 5 heteroatoms. The molecular formula is C14H9BrClN3. The Morgan fingerprint density at radius 2 is 1.63 bits per heavy atom.